The summed E-state index contributed by atoms with van der Waals surface area (Å²) in [6, 6.07) is 9.74. The van der Waals surface area contributed by atoms with Crippen LogP contribution < -0.4 is 4.90 Å². The summed E-state index contributed by atoms with van der Waals surface area (Å²) in [6.45, 7) is 2.67. The monoisotopic (exact) mass is 257 g/mol. The molecule has 0 unspecified atom stereocenters. The second kappa shape index (κ2) is 6.29. The molecule has 0 radical (unpaired) electrons. The number of anilines is 1. The summed E-state index contributed by atoms with van der Waals surface area (Å²) in [7, 11) is 2.00. The van der Waals surface area contributed by atoms with Gasteiger partial charge >= 0.3 is 0 Å². The number of aliphatic hydroxyl groups is 1. The van der Waals surface area contributed by atoms with E-state index < -0.39 is 6.10 Å². The highest BCUT2D eigenvalue weighted by Gasteiger charge is 2.08. The van der Waals surface area contributed by atoms with E-state index in [1.807, 2.05) is 44.3 Å². The second-order valence-corrected chi connectivity index (χ2v) is 4.54. The molecule has 0 aliphatic heterocycles. The van der Waals surface area contributed by atoms with Gasteiger partial charge in [0.05, 0.1) is 35.9 Å². The van der Waals surface area contributed by atoms with E-state index in [9.17, 15) is 5.11 Å². The molecule has 2 rings (SSSR count). The van der Waals surface area contributed by atoms with E-state index in [1.54, 1.807) is 12.4 Å². The maximum atomic E-state index is 9.71. The van der Waals surface area contributed by atoms with Gasteiger partial charge in [0, 0.05) is 13.2 Å². The Morgan fingerprint density at radius 2 is 2.05 bits per heavy atom. The molecule has 2 aromatic heterocycles. The molecule has 2 aromatic rings. The lowest BCUT2D eigenvalue weighted by atomic mass is 10.2. The number of rotatable bonds is 5. The van der Waals surface area contributed by atoms with Crippen LogP contribution in [0.2, 0.25) is 0 Å². The van der Waals surface area contributed by atoms with Crippen molar-refractivity contribution in [2.24, 2.45) is 0 Å². The van der Waals surface area contributed by atoms with Gasteiger partial charge in [-0.05, 0) is 30.7 Å². The summed E-state index contributed by atoms with van der Waals surface area (Å²) < 4.78 is 0. The van der Waals surface area contributed by atoms with Crippen LogP contribution in [0.1, 0.15) is 30.8 Å². The van der Waals surface area contributed by atoms with Crippen LogP contribution in [-0.4, -0.2) is 22.1 Å². The van der Waals surface area contributed by atoms with E-state index in [0.29, 0.717) is 6.42 Å². The largest absolute Gasteiger partial charge is 0.387 e. The average Bonchev–Trinajstić information content (AvgIpc) is 2.47. The molecule has 100 valence electrons. The second-order valence-electron chi connectivity index (χ2n) is 4.54. The van der Waals surface area contributed by atoms with Gasteiger partial charge in [-0.25, -0.2) is 0 Å². The van der Waals surface area contributed by atoms with Crippen molar-refractivity contribution in [2.75, 3.05) is 11.9 Å². The van der Waals surface area contributed by atoms with Crippen molar-refractivity contribution in [3.8, 4) is 0 Å². The Hall–Kier alpha value is -1.94. The quantitative estimate of drug-likeness (QED) is 0.894. The zero-order valence-corrected chi connectivity index (χ0v) is 11.3. The zero-order valence-electron chi connectivity index (χ0n) is 11.3. The highest BCUT2D eigenvalue weighted by atomic mass is 16.3. The fourth-order valence-electron chi connectivity index (χ4n) is 1.86. The summed E-state index contributed by atoms with van der Waals surface area (Å²) in [6.07, 6.45) is 3.78. The molecule has 2 heterocycles. The van der Waals surface area contributed by atoms with Crippen LogP contribution in [0.4, 0.5) is 5.69 Å². The minimum atomic E-state index is -0.477. The highest BCUT2D eigenvalue weighted by Crippen LogP contribution is 2.18. The summed E-state index contributed by atoms with van der Waals surface area (Å²) in [4.78, 5) is 10.7. The van der Waals surface area contributed by atoms with Crippen molar-refractivity contribution in [1.82, 2.24) is 9.97 Å². The number of hydrogen-bond donors (Lipinski definition) is 1. The molecule has 4 nitrogen and oxygen atoms in total. The van der Waals surface area contributed by atoms with Crippen molar-refractivity contribution in [2.45, 2.75) is 26.0 Å². The Labute approximate surface area is 113 Å². The molecule has 0 aliphatic carbocycles. The molecule has 0 spiro atoms. The first-order valence-electron chi connectivity index (χ1n) is 6.45. The first-order chi connectivity index (χ1) is 9.20. The maximum absolute atomic E-state index is 9.71. The van der Waals surface area contributed by atoms with Crippen LogP contribution in [-0.2, 0) is 6.54 Å². The zero-order chi connectivity index (χ0) is 13.7. The molecule has 1 N–H and O–H groups in total. The Bertz CT molecular complexity index is 499. The van der Waals surface area contributed by atoms with E-state index in [-0.39, 0.29) is 0 Å². The Morgan fingerprint density at radius 3 is 2.63 bits per heavy atom. The lowest BCUT2D eigenvalue weighted by molar-refractivity contribution is 0.169. The van der Waals surface area contributed by atoms with Crippen LogP contribution >= 0.6 is 0 Å². The third-order valence-electron chi connectivity index (χ3n) is 3.06. The molecule has 0 saturated heterocycles. The van der Waals surface area contributed by atoms with Crippen molar-refractivity contribution in [3.63, 3.8) is 0 Å². The molecule has 0 fully saturated rings. The van der Waals surface area contributed by atoms with Gasteiger partial charge in [-0.2, -0.15) is 0 Å². The summed E-state index contributed by atoms with van der Waals surface area (Å²) in [5.74, 6) is 0. The van der Waals surface area contributed by atoms with Gasteiger partial charge in [-0.15, -0.1) is 0 Å². The lowest BCUT2D eigenvalue weighted by Crippen LogP contribution is -2.17. The molecule has 4 heteroatoms. The topological polar surface area (TPSA) is 49.2 Å². The Balaban J connectivity index is 2.05. The highest BCUT2D eigenvalue weighted by molar-refractivity contribution is 5.44. The van der Waals surface area contributed by atoms with Crippen molar-refractivity contribution >= 4 is 5.69 Å². The predicted octanol–water partition coefficient (Wildman–Crippen LogP) is 2.56. The van der Waals surface area contributed by atoms with Crippen molar-refractivity contribution < 1.29 is 5.11 Å². The third kappa shape index (κ3) is 3.51. The van der Waals surface area contributed by atoms with Gasteiger partial charge in [0.15, 0.2) is 0 Å². The molecule has 0 aromatic carbocycles. The molecular weight excluding hydrogens is 238 g/mol. The van der Waals surface area contributed by atoms with E-state index >= 15 is 0 Å². The van der Waals surface area contributed by atoms with E-state index in [2.05, 4.69) is 14.9 Å². The van der Waals surface area contributed by atoms with Crippen LogP contribution in [0, 0.1) is 0 Å². The summed E-state index contributed by atoms with van der Waals surface area (Å²) in [5, 5.41) is 9.71. The van der Waals surface area contributed by atoms with Gasteiger partial charge < -0.3 is 10.0 Å². The van der Waals surface area contributed by atoms with Crippen molar-refractivity contribution in [3.05, 3.63) is 54.1 Å². The standard InChI is InChI=1S/C15H19N3O/c1-3-15(19)14-8-7-13(10-17-14)18(2)11-12-6-4-5-9-16-12/h4-10,15,19H,3,11H2,1-2H3/t15-/m1/s1. The number of aliphatic hydroxyl groups excluding tert-OH is 1. The minimum Gasteiger partial charge on any atom is -0.387 e. The number of hydrogen-bond acceptors (Lipinski definition) is 4. The number of nitrogens with zero attached hydrogens (tertiary/aromatic N) is 3. The SMILES string of the molecule is CC[C@@H](O)c1ccc(N(C)Cc2ccccn2)cn1. The van der Waals surface area contributed by atoms with E-state index in [4.69, 9.17) is 0 Å². The van der Waals surface area contributed by atoms with Crippen molar-refractivity contribution in [1.29, 1.82) is 0 Å². The Kier molecular flexibility index (Phi) is 4.47. The fourth-order valence-corrected chi connectivity index (χ4v) is 1.86. The van der Waals surface area contributed by atoms with Crippen LogP contribution in [0.5, 0.6) is 0 Å². The predicted molar refractivity (Wildman–Crippen MR) is 75.8 cm³/mol. The van der Waals surface area contributed by atoms with Gasteiger partial charge in [0.2, 0.25) is 0 Å². The smallest absolute Gasteiger partial charge is 0.0957 e. The minimum absolute atomic E-state index is 0.477. The lowest BCUT2D eigenvalue weighted by Gasteiger charge is -2.19. The Morgan fingerprint density at radius 1 is 1.21 bits per heavy atom. The molecular formula is C15H19N3O. The van der Waals surface area contributed by atoms with E-state index in [0.717, 1.165) is 23.6 Å². The van der Waals surface area contributed by atoms with Crippen LogP contribution in [0.15, 0.2) is 42.7 Å². The normalized spacial score (nSPS) is 12.2. The van der Waals surface area contributed by atoms with Crippen LogP contribution in [0.25, 0.3) is 0 Å². The van der Waals surface area contributed by atoms with Gasteiger partial charge in [-0.1, -0.05) is 13.0 Å². The van der Waals surface area contributed by atoms with Gasteiger partial charge in [-0.3, -0.25) is 9.97 Å². The molecule has 0 amide bonds. The molecule has 0 bridgehead atoms. The third-order valence-corrected chi connectivity index (χ3v) is 3.06. The fraction of sp³-hybridized carbons (Fsp3) is 0.333. The van der Waals surface area contributed by atoms with Gasteiger partial charge in [0.25, 0.3) is 0 Å². The van der Waals surface area contributed by atoms with E-state index in [1.165, 1.54) is 0 Å². The number of pyridine rings is 2. The van der Waals surface area contributed by atoms with Gasteiger partial charge in [0.1, 0.15) is 0 Å². The maximum Gasteiger partial charge on any atom is 0.0957 e. The molecule has 1 atom stereocenters. The average molecular weight is 257 g/mol. The summed E-state index contributed by atoms with van der Waals surface area (Å²) >= 11 is 0. The summed E-state index contributed by atoms with van der Waals surface area (Å²) in [5.41, 5.74) is 2.75. The van der Waals surface area contributed by atoms with Crippen LogP contribution in [0.3, 0.4) is 0 Å². The molecule has 19 heavy (non-hydrogen) atoms. The first-order valence-corrected chi connectivity index (χ1v) is 6.45. The number of aromatic nitrogens is 2. The molecule has 0 saturated carbocycles. The molecule has 0 aliphatic rings. The first kappa shape index (κ1) is 13.5.